The molecule has 3 aromatic rings. The molecule has 2 aromatic carbocycles. The predicted octanol–water partition coefficient (Wildman–Crippen LogP) is 3.68. The third kappa shape index (κ3) is 2.89. The fourth-order valence-electron chi connectivity index (χ4n) is 3.43. The van der Waals surface area contributed by atoms with Gasteiger partial charge < -0.3 is 9.64 Å². The van der Waals surface area contributed by atoms with E-state index >= 15 is 0 Å². The van der Waals surface area contributed by atoms with Gasteiger partial charge in [0.25, 0.3) is 5.91 Å². The highest BCUT2D eigenvalue weighted by atomic mass is 16.5. The van der Waals surface area contributed by atoms with Gasteiger partial charge in [0.05, 0.1) is 30.0 Å². The molecule has 0 saturated carbocycles. The van der Waals surface area contributed by atoms with Crippen LogP contribution in [0.15, 0.2) is 54.6 Å². The number of carbonyl (C=O) groups is 1. The zero-order chi connectivity index (χ0) is 17.2. The van der Waals surface area contributed by atoms with Crippen LogP contribution in [0.4, 0.5) is 0 Å². The molecule has 4 nitrogen and oxygen atoms in total. The van der Waals surface area contributed by atoms with Crippen LogP contribution in [-0.2, 0) is 4.74 Å². The molecular formula is C21H20N2O2. The quantitative estimate of drug-likeness (QED) is 0.719. The van der Waals surface area contributed by atoms with E-state index in [2.05, 4.69) is 12.1 Å². The van der Waals surface area contributed by atoms with Gasteiger partial charge in [-0.15, -0.1) is 0 Å². The number of pyridine rings is 1. The van der Waals surface area contributed by atoms with Crippen molar-refractivity contribution in [1.29, 1.82) is 0 Å². The number of morpholine rings is 1. The van der Waals surface area contributed by atoms with Crippen molar-refractivity contribution < 1.29 is 9.53 Å². The van der Waals surface area contributed by atoms with E-state index in [1.807, 2.05) is 54.3 Å². The smallest absolute Gasteiger partial charge is 0.256 e. The minimum atomic E-state index is 0.0397. The molecule has 2 heterocycles. The monoisotopic (exact) mass is 332 g/mol. The van der Waals surface area contributed by atoms with E-state index in [-0.39, 0.29) is 5.91 Å². The number of nitrogens with zero attached hydrogens (tertiary/aromatic N) is 2. The summed E-state index contributed by atoms with van der Waals surface area (Å²) in [6.07, 6.45) is 0. The number of carbonyl (C=O) groups excluding carboxylic acids is 1. The Balaban J connectivity index is 1.96. The molecule has 1 saturated heterocycles. The zero-order valence-electron chi connectivity index (χ0n) is 14.2. The topological polar surface area (TPSA) is 42.4 Å². The minimum Gasteiger partial charge on any atom is -0.378 e. The maximum atomic E-state index is 13.3. The molecular weight excluding hydrogens is 312 g/mol. The predicted molar refractivity (Wildman–Crippen MR) is 98.6 cm³/mol. The Morgan fingerprint density at radius 3 is 2.44 bits per heavy atom. The molecule has 126 valence electrons. The van der Waals surface area contributed by atoms with E-state index in [9.17, 15) is 4.79 Å². The minimum absolute atomic E-state index is 0.0397. The van der Waals surface area contributed by atoms with Gasteiger partial charge >= 0.3 is 0 Å². The Morgan fingerprint density at radius 1 is 1.00 bits per heavy atom. The number of hydrogen-bond donors (Lipinski definition) is 0. The Bertz CT molecular complexity index is 916. The molecule has 1 amide bonds. The maximum absolute atomic E-state index is 13.3. The van der Waals surface area contributed by atoms with Crippen LogP contribution in [0.3, 0.4) is 0 Å². The van der Waals surface area contributed by atoms with Crippen molar-refractivity contribution in [3.8, 4) is 11.1 Å². The first-order valence-corrected chi connectivity index (χ1v) is 8.57. The number of para-hydroxylation sites is 1. The highest BCUT2D eigenvalue weighted by molar-refractivity contribution is 6.09. The van der Waals surface area contributed by atoms with E-state index in [1.54, 1.807) is 0 Å². The Kier molecular flexibility index (Phi) is 4.20. The molecule has 0 N–H and O–H groups in total. The summed E-state index contributed by atoms with van der Waals surface area (Å²) in [4.78, 5) is 19.9. The zero-order valence-corrected chi connectivity index (χ0v) is 14.2. The van der Waals surface area contributed by atoms with Crippen LogP contribution in [0, 0.1) is 6.92 Å². The second-order valence-corrected chi connectivity index (χ2v) is 6.23. The third-order valence-electron chi connectivity index (χ3n) is 4.65. The van der Waals surface area contributed by atoms with E-state index in [4.69, 9.17) is 9.72 Å². The van der Waals surface area contributed by atoms with Gasteiger partial charge in [-0.2, -0.15) is 0 Å². The van der Waals surface area contributed by atoms with Gasteiger partial charge in [-0.1, -0.05) is 48.5 Å². The first-order valence-electron chi connectivity index (χ1n) is 8.57. The number of benzene rings is 2. The largest absolute Gasteiger partial charge is 0.378 e. The summed E-state index contributed by atoms with van der Waals surface area (Å²) in [5.41, 5.74) is 4.40. The number of aryl methyl sites for hydroxylation is 1. The summed E-state index contributed by atoms with van der Waals surface area (Å²) >= 11 is 0. The molecule has 0 atom stereocenters. The van der Waals surface area contributed by atoms with Gasteiger partial charge in [0.1, 0.15) is 0 Å². The molecule has 0 aliphatic carbocycles. The lowest BCUT2D eigenvalue weighted by Crippen LogP contribution is -2.41. The summed E-state index contributed by atoms with van der Waals surface area (Å²) in [6.45, 7) is 4.35. The van der Waals surface area contributed by atoms with Crippen LogP contribution in [-0.4, -0.2) is 42.1 Å². The second kappa shape index (κ2) is 6.65. The molecule has 4 heteroatoms. The molecule has 0 spiro atoms. The number of hydrogen-bond acceptors (Lipinski definition) is 3. The van der Waals surface area contributed by atoms with Gasteiger partial charge in [0.2, 0.25) is 0 Å². The molecule has 1 fully saturated rings. The van der Waals surface area contributed by atoms with Crippen molar-refractivity contribution in [2.24, 2.45) is 0 Å². The molecule has 1 aliphatic heterocycles. The SMILES string of the molecule is Cc1nc2ccccc2c(-c2ccccc2)c1C(=O)N1CCOCC1. The van der Waals surface area contributed by atoms with Crippen molar-refractivity contribution >= 4 is 16.8 Å². The number of aromatic nitrogens is 1. The van der Waals surface area contributed by atoms with Crippen LogP contribution < -0.4 is 0 Å². The summed E-state index contributed by atoms with van der Waals surface area (Å²) in [5, 5.41) is 1.01. The lowest BCUT2D eigenvalue weighted by atomic mass is 9.93. The summed E-state index contributed by atoms with van der Waals surface area (Å²) in [5.74, 6) is 0.0397. The molecule has 0 radical (unpaired) electrons. The summed E-state index contributed by atoms with van der Waals surface area (Å²) in [6, 6.07) is 18.1. The van der Waals surface area contributed by atoms with Gasteiger partial charge in [-0.05, 0) is 18.6 Å². The van der Waals surface area contributed by atoms with Crippen molar-refractivity contribution in [3.63, 3.8) is 0 Å². The van der Waals surface area contributed by atoms with Crippen LogP contribution in [0.1, 0.15) is 16.1 Å². The molecule has 0 bridgehead atoms. The normalized spacial score (nSPS) is 14.7. The first kappa shape index (κ1) is 15.8. The molecule has 4 rings (SSSR count). The Labute approximate surface area is 147 Å². The van der Waals surface area contributed by atoms with Gasteiger partial charge in [-0.25, -0.2) is 0 Å². The molecule has 1 aromatic heterocycles. The van der Waals surface area contributed by atoms with E-state index < -0.39 is 0 Å². The molecule has 25 heavy (non-hydrogen) atoms. The Morgan fingerprint density at radius 2 is 1.68 bits per heavy atom. The average Bonchev–Trinajstić information content (AvgIpc) is 2.68. The van der Waals surface area contributed by atoms with E-state index in [1.165, 1.54) is 0 Å². The van der Waals surface area contributed by atoms with Crippen molar-refractivity contribution in [1.82, 2.24) is 9.88 Å². The maximum Gasteiger partial charge on any atom is 0.256 e. The Hall–Kier alpha value is -2.72. The summed E-state index contributed by atoms with van der Waals surface area (Å²) in [7, 11) is 0. The van der Waals surface area contributed by atoms with Crippen LogP contribution in [0.2, 0.25) is 0 Å². The van der Waals surface area contributed by atoms with Gasteiger partial charge in [-0.3, -0.25) is 9.78 Å². The number of rotatable bonds is 2. The lowest BCUT2D eigenvalue weighted by Gasteiger charge is -2.28. The highest BCUT2D eigenvalue weighted by Crippen LogP contribution is 2.33. The number of amides is 1. The first-order chi connectivity index (χ1) is 12.3. The van der Waals surface area contributed by atoms with Crippen LogP contribution in [0.25, 0.3) is 22.0 Å². The van der Waals surface area contributed by atoms with Gasteiger partial charge in [0, 0.05) is 24.0 Å². The van der Waals surface area contributed by atoms with Gasteiger partial charge in [0.15, 0.2) is 0 Å². The number of ether oxygens (including phenoxy) is 1. The molecule has 0 unspecified atom stereocenters. The lowest BCUT2D eigenvalue weighted by molar-refractivity contribution is 0.0302. The van der Waals surface area contributed by atoms with Crippen molar-refractivity contribution in [2.75, 3.05) is 26.3 Å². The third-order valence-corrected chi connectivity index (χ3v) is 4.65. The average molecular weight is 332 g/mol. The van der Waals surface area contributed by atoms with Crippen LogP contribution in [0.5, 0.6) is 0 Å². The highest BCUT2D eigenvalue weighted by Gasteiger charge is 2.25. The molecule has 1 aliphatic rings. The van der Waals surface area contributed by atoms with Crippen molar-refractivity contribution in [3.05, 3.63) is 65.9 Å². The fourth-order valence-corrected chi connectivity index (χ4v) is 3.43. The van der Waals surface area contributed by atoms with E-state index in [0.29, 0.717) is 31.9 Å². The second-order valence-electron chi connectivity index (χ2n) is 6.23. The summed E-state index contributed by atoms with van der Waals surface area (Å²) < 4.78 is 5.39. The standard InChI is InChI=1S/C21H20N2O2/c1-15-19(21(24)23-11-13-25-14-12-23)20(16-7-3-2-4-8-16)17-9-5-6-10-18(17)22-15/h2-10H,11-14H2,1H3. The number of fused-ring (bicyclic) bond motifs is 1. The van der Waals surface area contributed by atoms with Crippen molar-refractivity contribution in [2.45, 2.75) is 6.92 Å². The van der Waals surface area contributed by atoms with E-state index in [0.717, 1.165) is 27.7 Å². The van der Waals surface area contributed by atoms with Crippen LogP contribution >= 0.6 is 0 Å². The fraction of sp³-hybridized carbons (Fsp3) is 0.238.